The number of hydrogen-bond acceptors (Lipinski definition) is 4. The zero-order valence-electron chi connectivity index (χ0n) is 15.7. The van der Waals surface area contributed by atoms with Gasteiger partial charge in [0, 0.05) is 13.1 Å². The molecular formula is C19H19ClFN5O3. The van der Waals surface area contributed by atoms with Gasteiger partial charge in [-0.3, -0.25) is 14.9 Å². The number of halogens is 2. The van der Waals surface area contributed by atoms with E-state index in [1.165, 1.54) is 16.8 Å². The van der Waals surface area contributed by atoms with Gasteiger partial charge in [0.2, 0.25) is 0 Å². The highest BCUT2D eigenvalue weighted by atomic mass is 35.5. The molecule has 0 unspecified atom stereocenters. The molecular weight excluding hydrogens is 401 g/mol. The summed E-state index contributed by atoms with van der Waals surface area (Å²) in [4.78, 5) is 38.2. The standard InChI is InChI=1S/C19H19ClFN5O3/c1-11-14(15(20)26(24-11)10-12-2-4-13(21)5-3-12)16(27)25-8-6-19(7-9-25)17(28)22-18(29)23-19/h2-5H,6-10H2,1H3,(H2,22,23,28,29). The molecule has 2 aromatic rings. The fourth-order valence-electron chi connectivity index (χ4n) is 3.79. The molecule has 4 amide bonds. The van der Waals surface area contributed by atoms with Crippen LogP contribution in [0, 0.1) is 12.7 Å². The average molecular weight is 420 g/mol. The normalized spacial score (nSPS) is 18.1. The Morgan fingerprint density at radius 2 is 1.90 bits per heavy atom. The summed E-state index contributed by atoms with van der Waals surface area (Å²) < 4.78 is 14.6. The van der Waals surface area contributed by atoms with Crippen LogP contribution in [-0.4, -0.2) is 51.2 Å². The van der Waals surface area contributed by atoms with Crippen molar-refractivity contribution in [3.8, 4) is 0 Å². The van der Waals surface area contributed by atoms with Crippen molar-refractivity contribution in [2.75, 3.05) is 13.1 Å². The Morgan fingerprint density at radius 1 is 1.24 bits per heavy atom. The summed E-state index contributed by atoms with van der Waals surface area (Å²) >= 11 is 6.45. The minimum Gasteiger partial charge on any atom is -0.338 e. The van der Waals surface area contributed by atoms with Crippen LogP contribution in [-0.2, 0) is 11.3 Å². The Bertz CT molecular complexity index is 996. The van der Waals surface area contributed by atoms with Crippen LogP contribution in [0.1, 0.15) is 34.5 Å². The highest BCUT2D eigenvalue weighted by Crippen LogP contribution is 2.29. The molecule has 2 fully saturated rings. The van der Waals surface area contributed by atoms with Crippen LogP contribution in [0.5, 0.6) is 0 Å². The topological polar surface area (TPSA) is 96.3 Å². The van der Waals surface area contributed by atoms with E-state index in [-0.39, 0.29) is 22.8 Å². The summed E-state index contributed by atoms with van der Waals surface area (Å²) in [5.41, 5.74) is 0.663. The molecule has 29 heavy (non-hydrogen) atoms. The summed E-state index contributed by atoms with van der Waals surface area (Å²) in [5.74, 6) is -0.948. The minimum absolute atomic E-state index is 0.212. The maximum Gasteiger partial charge on any atom is 0.322 e. The number of piperidine rings is 1. The number of hydrogen-bond donors (Lipinski definition) is 2. The molecule has 1 spiro atoms. The summed E-state index contributed by atoms with van der Waals surface area (Å²) in [6.07, 6.45) is 0.660. The number of aryl methyl sites for hydroxylation is 1. The molecule has 1 aromatic carbocycles. The molecule has 0 aliphatic carbocycles. The van der Waals surface area contributed by atoms with Gasteiger partial charge in [-0.25, -0.2) is 13.9 Å². The van der Waals surface area contributed by atoms with E-state index < -0.39 is 11.6 Å². The number of urea groups is 1. The Kier molecular flexibility index (Phi) is 4.77. The second-order valence-corrected chi connectivity index (χ2v) is 7.68. The minimum atomic E-state index is -0.945. The molecule has 0 atom stereocenters. The maximum absolute atomic E-state index is 13.1. The van der Waals surface area contributed by atoms with Gasteiger partial charge in [0.1, 0.15) is 16.5 Å². The van der Waals surface area contributed by atoms with Crippen molar-refractivity contribution in [2.24, 2.45) is 0 Å². The van der Waals surface area contributed by atoms with Crippen molar-refractivity contribution in [2.45, 2.75) is 31.8 Å². The predicted molar refractivity (Wildman–Crippen MR) is 102 cm³/mol. The van der Waals surface area contributed by atoms with Crippen molar-refractivity contribution in [1.29, 1.82) is 0 Å². The summed E-state index contributed by atoms with van der Waals surface area (Å²) in [6, 6.07) is 5.47. The smallest absolute Gasteiger partial charge is 0.322 e. The van der Waals surface area contributed by atoms with Crippen molar-refractivity contribution in [3.63, 3.8) is 0 Å². The molecule has 0 saturated carbocycles. The molecule has 2 N–H and O–H groups in total. The number of amides is 4. The third-order valence-corrected chi connectivity index (χ3v) is 5.83. The lowest BCUT2D eigenvalue weighted by atomic mass is 9.87. The second kappa shape index (κ2) is 7.14. The van der Waals surface area contributed by atoms with Crippen LogP contribution in [0.2, 0.25) is 5.15 Å². The quantitative estimate of drug-likeness (QED) is 0.742. The Labute approximate surface area is 171 Å². The largest absolute Gasteiger partial charge is 0.338 e. The monoisotopic (exact) mass is 419 g/mol. The van der Waals surface area contributed by atoms with Crippen molar-refractivity contribution in [3.05, 3.63) is 52.1 Å². The highest BCUT2D eigenvalue weighted by Gasteiger charge is 2.48. The molecule has 4 rings (SSSR count). The number of imide groups is 1. The van der Waals surface area contributed by atoms with Crippen LogP contribution < -0.4 is 10.6 Å². The fourth-order valence-corrected chi connectivity index (χ4v) is 4.11. The van der Waals surface area contributed by atoms with Gasteiger partial charge in [-0.2, -0.15) is 5.10 Å². The zero-order valence-corrected chi connectivity index (χ0v) is 16.4. The summed E-state index contributed by atoms with van der Waals surface area (Å²) in [6.45, 7) is 2.63. The zero-order chi connectivity index (χ0) is 20.8. The number of benzene rings is 1. The number of aromatic nitrogens is 2. The van der Waals surface area contributed by atoms with Crippen LogP contribution in [0.3, 0.4) is 0 Å². The van der Waals surface area contributed by atoms with Gasteiger partial charge < -0.3 is 10.2 Å². The lowest BCUT2D eigenvalue weighted by molar-refractivity contribution is -0.125. The van der Waals surface area contributed by atoms with E-state index in [1.54, 1.807) is 24.0 Å². The lowest BCUT2D eigenvalue weighted by Gasteiger charge is -2.36. The van der Waals surface area contributed by atoms with Gasteiger partial charge in [-0.15, -0.1) is 0 Å². The third kappa shape index (κ3) is 3.46. The first kappa shape index (κ1) is 19.4. The molecule has 3 heterocycles. The Hall–Kier alpha value is -2.94. The summed E-state index contributed by atoms with van der Waals surface area (Å²) in [7, 11) is 0. The van der Waals surface area contributed by atoms with Gasteiger partial charge in [0.25, 0.3) is 11.8 Å². The fraction of sp³-hybridized carbons (Fsp3) is 0.368. The van der Waals surface area contributed by atoms with Gasteiger partial charge in [-0.05, 0) is 37.5 Å². The van der Waals surface area contributed by atoms with Crippen LogP contribution in [0.15, 0.2) is 24.3 Å². The molecule has 0 bridgehead atoms. The van der Waals surface area contributed by atoms with E-state index in [0.29, 0.717) is 43.7 Å². The number of likely N-dealkylation sites (tertiary alicyclic amines) is 1. The third-order valence-electron chi connectivity index (χ3n) is 5.44. The van der Waals surface area contributed by atoms with E-state index >= 15 is 0 Å². The number of carbonyl (C=O) groups excluding carboxylic acids is 3. The van der Waals surface area contributed by atoms with E-state index in [2.05, 4.69) is 15.7 Å². The van der Waals surface area contributed by atoms with Crippen LogP contribution in [0.25, 0.3) is 0 Å². The van der Waals surface area contributed by atoms with E-state index in [0.717, 1.165) is 5.56 Å². The van der Waals surface area contributed by atoms with E-state index in [1.807, 2.05) is 0 Å². The van der Waals surface area contributed by atoms with Gasteiger partial charge >= 0.3 is 6.03 Å². The van der Waals surface area contributed by atoms with Crippen molar-refractivity contribution >= 4 is 29.4 Å². The highest BCUT2D eigenvalue weighted by molar-refractivity contribution is 6.33. The average Bonchev–Trinajstić information content (AvgIpc) is 3.11. The molecule has 0 radical (unpaired) electrons. The first-order valence-corrected chi connectivity index (χ1v) is 9.57. The second-order valence-electron chi connectivity index (χ2n) is 7.32. The van der Waals surface area contributed by atoms with Crippen molar-refractivity contribution < 1.29 is 18.8 Å². The van der Waals surface area contributed by atoms with Gasteiger partial charge in [-0.1, -0.05) is 23.7 Å². The molecule has 1 aromatic heterocycles. The number of nitrogens with one attached hydrogen (secondary N) is 2. The number of nitrogens with zero attached hydrogens (tertiary/aromatic N) is 3. The van der Waals surface area contributed by atoms with E-state index in [4.69, 9.17) is 11.6 Å². The molecule has 2 aliphatic rings. The number of carbonyl (C=O) groups is 3. The molecule has 8 nitrogen and oxygen atoms in total. The number of rotatable bonds is 3. The SMILES string of the molecule is Cc1nn(Cc2ccc(F)cc2)c(Cl)c1C(=O)N1CCC2(CC1)NC(=O)NC2=O. The Balaban J connectivity index is 1.49. The molecule has 2 saturated heterocycles. The first-order valence-electron chi connectivity index (χ1n) is 9.19. The summed E-state index contributed by atoms with van der Waals surface area (Å²) in [5, 5.41) is 9.49. The molecule has 10 heteroatoms. The van der Waals surface area contributed by atoms with Gasteiger partial charge in [0.15, 0.2) is 0 Å². The van der Waals surface area contributed by atoms with Crippen LogP contribution in [0.4, 0.5) is 9.18 Å². The predicted octanol–water partition coefficient (Wildman–Crippen LogP) is 1.85. The molecule has 2 aliphatic heterocycles. The first-order chi connectivity index (χ1) is 13.8. The molecule has 152 valence electrons. The van der Waals surface area contributed by atoms with Crippen molar-refractivity contribution in [1.82, 2.24) is 25.3 Å². The van der Waals surface area contributed by atoms with Crippen LogP contribution >= 0.6 is 11.6 Å². The van der Waals surface area contributed by atoms with E-state index in [9.17, 15) is 18.8 Å². The Morgan fingerprint density at radius 3 is 2.48 bits per heavy atom. The lowest BCUT2D eigenvalue weighted by Crippen LogP contribution is -2.55. The van der Waals surface area contributed by atoms with Gasteiger partial charge in [0.05, 0.1) is 17.8 Å². The maximum atomic E-state index is 13.1.